The predicted molar refractivity (Wildman–Crippen MR) is 85.2 cm³/mol. The number of likely N-dealkylation sites (N-methyl/N-ethyl adjacent to an activating group) is 1. The zero-order valence-electron chi connectivity index (χ0n) is 13.7. The molecule has 1 aromatic heterocycles. The number of ether oxygens (including phenoxy) is 2. The first-order valence-corrected chi connectivity index (χ1v) is 8.10. The summed E-state index contributed by atoms with van der Waals surface area (Å²) in [5.74, 6) is 0.480. The monoisotopic (exact) mass is 306 g/mol. The van der Waals surface area contributed by atoms with E-state index < -0.39 is 0 Å². The molecule has 2 atom stereocenters. The van der Waals surface area contributed by atoms with E-state index in [0.29, 0.717) is 18.0 Å². The Morgan fingerprint density at radius 1 is 1.55 bits per heavy atom. The smallest absolute Gasteiger partial charge is 0.253 e. The topological polar surface area (TPSA) is 51.7 Å². The minimum atomic E-state index is -0.0226. The number of carbonyl (C=O) groups is 1. The van der Waals surface area contributed by atoms with Crippen molar-refractivity contribution in [1.29, 1.82) is 0 Å². The van der Waals surface area contributed by atoms with E-state index in [-0.39, 0.29) is 18.1 Å². The van der Waals surface area contributed by atoms with Gasteiger partial charge in [0.15, 0.2) is 0 Å². The maximum absolute atomic E-state index is 12.5. The quantitative estimate of drug-likeness (QED) is 0.811. The summed E-state index contributed by atoms with van der Waals surface area (Å²) in [6, 6.07) is 3.44. The van der Waals surface area contributed by atoms with Crippen LogP contribution in [0.5, 0.6) is 5.88 Å². The normalized spacial score (nSPS) is 19.5. The van der Waals surface area contributed by atoms with Crippen molar-refractivity contribution >= 4 is 5.91 Å². The third-order valence-electron chi connectivity index (χ3n) is 3.98. The van der Waals surface area contributed by atoms with E-state index in [1.165, 1.54) is 6.42 Å². The van der Waals surface area contributed by atoms with Crippen LogP contribution in [0.1, 0.15) is 49.9 Å². The van der Waals surface area contributed by atoms with Gasteiger partial charge in [-0.15, -0.1) is 0 Å². The van der Waals surface area contributed by atoms with E-state index in [1.807, 2.05) is 14.0 Å². The van der Waals surface area contributed by atoms with Crippen LogP contribution in [0.25, 0.3) is 0 Å². The number of aromatic nitrogens is 1. The Morgan fingerprint density at radius 3 is 3.05 bits per heavy atom. The lowest BCUT2D eigenvalue weighted by atomic mass is 10.1. The van der Waals surface area contributed by atoms with Gasteiger partial charge in [-0.2, -0.15) is 0 Å². The van der Waals surface area contributed by atoms with Crippen molar-refractivity contribution in [3.8, 4) is 5.88 Å². The lowest BCUT2D eigenvalue weighted by molar-refractivity contribution is -0.000196. The van der Waals surface area contributed by atoms with Gasteiger partial charge in [-0.25, -0.2) is 4.98 Å². The molecule has 22 heavy (non-hydrogen) atoms. The van der Waals surface area contributed by atoms with Gasteiger partial charge in [-0.3, -0.25) is 4.79 Å². The van der Waals surface area contributed by atoms with Crippen LogP contribution in [0.3, 0.4) is 0 Å². The summed E-state index contributed by atoms with van der Waals surface area (Å²) >= 11 is 0. The summed E-state index contributed by atoms with van der Waals surface area (Å²) in [4.78, 5) is 18.4. The van der Waals surface area contributed by atoms with Crippen molar-refractivity contribution in [2.75, 3.05) is 20.2 Å². The minimum Gasteiger partial charge on any atom is -0.475 e. The highest BCUT2D eigenvalue weighted by atomic mass is 16.5. The average Bonchev–Trinajstić information content (AvgIpc) is 2.55. The van der Waals surface area contributed by atoms with Crippen molar-refractivity contribution in [2.24, 2.45) is 0 Å². The van der Waals surface area contributed by atoms with Crippen LogP contribution in [0.15, 0.2) is 18.3 Å². The molecule has 5 nitrogen and oxygen atoms in total. The van der Waals surface area contributed by atoms with Crippen LogP contribution in [-0.2, 0) is 4.74 Å². The largest absolute Gasteiger partial charge is 0.475 e. The van der Waals surface area contributed by atoms with Crippen LogP contribution < -0.4 is 4.74 Å². The summed E-state index contributed by atoms with van der Waals surface area (Å²) < 4.78 is 11.4. The number of nitrogens with zero attached hydrogens (tertiary/aromatic N) is 2. The van der Waals surface area contributed by atoms with Gasteiger partial charge in [0.2, 0.25) is 5.88 Å². The van der Waals surface area contributed by atoms with E-state index in [1.54, 1.807) is 23.2 Å². The molecule has 1 fully saturated rings. The Bertz CT molecular complexity index is 487. The number of carbonyl (C=O) groups excluding carboxylic acids is 1. The summed E-state index contributed by atoms with van der Waals surface area (Å²) in [7, 11) is 1.82. The first kappa shape index (κ1) is 16.7. The van der Waals surface area contributed by atoms with Gasteiger partial charge < -0.3 is 14.4 Å². The fourth-order valence-electron chi connectivity index (χ4n) is 2.46. The van der Waals surface area contributed by atoms with Gasteiger partial charge in [-0.05, 0) is 38.7 Å². The Morgan fingerprint density at radius 2 is 2.36 bits per heavy atom. The standard InChI is InChI=1S/C17H26N2O3/c1-4-13(2)22-16-11-14(8-9-18-16)17(20)19(3)12-15-7-5-6-10-21-15/h8-9,11,13,15H,4-7,10,12H2,1-3H3. The Kier molecular flexibility index (Phi) is 6.19. The number of rotatable bonds is 6. The second-order valence-electron chi connectivity index (χ2n) is 5.89. The summed E-state index contributed by atoms with van der Waals surface area (Å²) in [6.45, 7) is 5.47. The molecular formula is C17H26N2O3. The molecular weight excluding hydrogens is 280 g/mol. The molecule has 0 bridgehead atoms. The van der Waals surface area contributed by atoms with Gasteiger partial charge in [0.25, 0.3) is 5.91 Å². The van der Waals surface area contributed by atoms with Crippen LogP contribution in [-0.4, -0.2) is 48.2 Å². The molecule has 1 aliphatic rings. The van der Waals surface area contributed by atoms with Crippen molar-refractivity contribution in [1.82, 2.24) is 9.88 Å². The van der Waals surface area contributed by atoms with Gasteiger partial charge in [-0.1, -0.05) is 6.92 Å². The Hall–Kier alpha value is -1.62. The van der Waals surface area contributed by atoms with Gasteiger partial charge in [0, 0.05) is 38.0 Å². The number of hydrogen-bond acceptors (Lipinski definition) is 4. The van der Waals surface area contributed by atoms with Gasteiger partial charge >= 0.3 is 0 Å². The summed E-state index contributed by atoms with van der Waals surface area (Å²) in [6.07, 6.45) is 6.08. The maximum Gasteiger partial charge on any atom is 0.253 e. The molecule has 0 aliphatic carbocycles. The van der Waals surface area contributed by atoms with E-state index in [4.69, 9.17) is 9.47 Å². The Balaban J connectivity index is 1.97. The molecule has 0 spiro atoms. The van der Waals surface area contributed by atoms with Crippen LogP contribution in [0, 0.1) is 0 Å². The van der Waals surface area contributed by atoms with Gasteiger partial charge in [0.05, 0.1) is 12.2 Å². The molecule has 2 heterocycles. The number of hydrogen-bond donors (Lipinski definition) is 0. The van der Waals surface area contributed by atoms with Crippen molar-refractivity contribution in [2.45, 2.75) is 51.7 Å². The van der Waals surface area contributed by atoms with E-state index in [0.717, 1.165) is 25.9 Å². The van der Waals surface area contributed by atoms with E-state index in [9.17, 15) is 4.79 Å². The number of pyridine rings is 1. The summed E-state index contributed by atoms with van der Waals surface area (Å²) in [5, 5.41) is 0. The van der Waals surface area contributed by atoms with Crippen LogP contribution >= 0.6 is 0 Å². The van der Waals surface area contributed by atoms with Crippen molar-refractivity contribution < 1.29 is 14.3 Å². The highest BCUT2D eigenvalue weighted by Gasteiger charge is 2.20. The van der Waals surface area contributed by atoms with Crippen LogP contribution in [0.2, 0.25) is 0 Å². The lowest BCUT2D eigenvalue weighted by Gasteiger charge is -2.27. The zero-order valence-corrected chi connectivity index (χ0v) is 13.7. The lowest BCUT2D eigenvalue weighted by Crippen LogP contribution is -2.37. The highest BCUT2D eigenvalue weighted by molar-refractivity contribution is 5.94. The molecule has 122 valence electrons. The second kappa shape index (κ2) is 8.13. The third kappa shape index (κ3) is 4.70. The van der Waals surface area contributed by atoms with Crippen molar-refractivity contribution in [3.05, 3.63) is 23.9 Å². The molecule has 0 N–H and O–H groups in total. The fourth-order valence-corrected chi connectivity index (χ4v) is 2.46. The molecule has 0 saturated carbocycles. The predicted octanol–water partition coefficient (Wildman–Crippen LogP) is 2.90. The van der Waals surface area contributed by atoms with Gasteiger partial charge in [0.1, 0.15) is 0 Å². The molecule has 1 aromatic rings. The highest BCUT2D eigenvalue weighted by Crippen LogP contribution is 2.16. The minimum absolute atomic E-state index is 0.0226. The Labute approximate surface area is 132 Å². The SMILES string of the molecule is CCC(C)Oc1cc(C(=O)N(C)CC2CCCCO2)ccn1. The van der Waals surface area contributed by atoms with Crippen LogP contribution in [0.4, 0.5) is 0 Å². The maximum atomic E-state index is 12.5. The molecule has 0 radical (unpaired) electrons. The van der Waals surface area contributed by atoms with Crippen molar-refractivity contribution in [3.63, 3.8) is 0 Å². The fraction of sp³-hybridized carbons (Fsp3) is 0.647. The molecule has 0 aromatic carbocycles. The number of amides is 1. The average molecular weight is 306 g/mol. The first-order chi connectivity index (χ1) is 10.6. The molecule has 1 amide bonds. The molecule has 5 heteroatoms. The van der Waals surface area contributed by atoms with E-state index >= 15 is 0 Å². The zero-order chi connectivity index (χ0) is 15.9. The van der Waals surface area contributed by atoms with E-state index in [2.05, 4.69) is 11.9 Å². The third-order valence-corrected chi connectivity index (χ3v) is 3.98. The first-order valence-electron chi connectivity index (χ1n) is 8.10. The molecule has 2 unspecified atom stereocenters. The molecule has 1 saturated heterocycles. The molecule has 2 rings (SSSR count). The summed E-state index contributed by atoms with van der Waals surface area (Å²) in [5.41, 5.74) is 0.603. The molecule has 1 aliphatic heterocycles. The second-order valence-corrected chi connectivity index (χ2v) is 5.89.